The van der Waals surface area contributed by atoms with Gasteiger partial charge in [0.15, 0.2) is 11.5 Å². The van der Waals surface area contributed by atoms with Crippen LogP contribution in [0.2, 0.25) is 0 Å². The standard InChI is InChI=1S/C16H16FN3O/c1-21-14-7-3-2-5-11(14)15-13(8-9-18)20-10-4-6-12(17)16(20)19-15/h2-7,10H,8-9,18H2,1H3. The van der Waals surface area contributed by atoms with Gasteiger partial charge in [0.25, 0.3) is 0 Å². The fraction of sp³-hybridized carbons (Fsp3) is 0.188. The Hall–Kier alpha value is -2.40. The molecule has 0 amide bonds. The highest BCUT2D eigenvalue weighted by Crippen LogP contribution is 2.32. The molecule has 0 radical (unpaired) electrons. The molecule has 2 N–H and O–H groups in total. The molecule has 108 valence electrons. The number of imidazole rings is 1. The molecule has 0 atom stereocenters. The maximum absolute atomic E-state index is 14.0. The molecule has 21 heavy (non-hydrogen) atoms. The van der Waals surface area contributed by atoms with Crippen LogP contribution in [0.1, 0.15) is 5.69 Å². The first-order chi connectivity index (χ1) is 10.3. The third-order valence-electron chi connectivity index (χ3n) is 3.44. The van der Waals surface area contributed by atoms with Crippen LogP contribution in [-0.2, 0) is 6.42 Å². The Labute approximate surface area is 122 Å². The van der Waals surface area contributed by atoms with Crippen LogP contribution >= 0.6 is 0 Å². The van der Waals surface area contributed by atoms with Crippen molar-refractivity contribution in [2.45, 2.75) is 6.42 Å². The zero-order valence-electron chi connectivity index (χ0n) is 11.7. The van der Waals surface area contributed by atoms with E-state index in [1.807, 2.05) is 24.3 Å². The van der Waals surface area contributed by atoms with Crippen molar-refractivity contribution in [3.63, 3.8) is 0 Å². The predicted molar refractivity (Wildman–Crippen MR) is 79.9 cm³/mol. The molecule has 4 nitrogen and oxygen atoms in total. The summed E-state index contributed by atoms with van der Waals surface area (Å²) in [4.78, 5) is 4.46. The summed E-state index contributed by atoms with van der Waals surface area (Å²) in [5, 5.41) is 0. The van der Waals surface area contributed by atoms with Gasteiger partial charge in [-0.05, 0) is 30.8 Å². The SMILES string of the molecule is COc1ccccc1-c1nc2c(F)cccn2c1CCN. The fourth-order valence-electron chi connectivity index (χ4n) is 2.51. The van der Waals surface area contributed by atoms with E-state index in [1.165, 1.54) is 6.07 Å². The van der Waals surface area contributed by atoms with Crippen LogP contribution in [0.5, 0.6) is 5.75 Å². The zero-order valence-corrected chi connectivity index (χ0v) is 11.7. The smallest absolute Gasteiger partial charge is 0.173 e. The summed E-state index contributed by atoms with van der Waals surface area (Å²) in [7, 11) is 1.61. The highest BCUT2D eigenvalue weighted by atomic mass is 19.1. The van der Waals surface area contributed by atoms with Gasteiger partial charge in [-0.25, -0.2) is 9.37 Å². The minimum atomic E-state index is -0.350. The molecule has 0 spiro atoms. The van der Waals surface area contributed by atoms with Crippen molar-refractivity contribution >= 4 is 5.65 Å². The number of nitrogens with two attached hydrogens (primary N) is 1. The summed E-state index contributed by atoms with van der Waals surface area (Å²) in [5.74, 6) is 0.358. The van der Waals surface area contributed by atoms with Crippen molar-refractivity contribution in [3.05, 3.63) is 54.1 Å². The molecule has 2 heterocycles. The Bertz CT molecular complexity index is 782. The molecule has 5 heteroatoms. The van der Waals surface area contributed by atoms with Crippen molar-refractivity contribution in [1.82, 2.24) is 9.38 Å². The van der Waals surface area contributed by atoms with Crippen molar-refractivity contribution in [2.75, 3.05) is 13.7 Å². The highest BCUT2D eigenvalue weighted by molar-refractivity contribution is 5.72. The summed E-state index contributed by atoms with van der Waals surface area (Å²) >= 11 is 0. The van der Waals surface area contributed by atoms with E-state index < -0.39 is 0 Å². The van der Waals surface area contributed by atoms with E-state index in [-0.39, 0.29) is 5.82 Å². The van der Waals surface area contributed by atoms with Crippen molar-refractivity contribution in [1.29, 1.82) is 0 Å². The molecule has 0 aliphatic heterocycles. The lowest BCUT2D eigenvalue weighted by Crippen LogP contribution is -2.06. The molecule has 3 aromatic rings. The number of pyridine rings is 1. The molecule has 0 aliphatic rings. The van der Waals surface area contributed by atoms with Gasteiger partial charge in [0.2, 0.25) is 0 Å². The molecule has 0 bridgehead atoms. The lowest BCUT2D eigenvalue weighted by molar-refractivity contribution is 0.416. The summed E-state index contributed by atoms with van der Waals surface area (Å²) < 4.78 is 21.1. The van der Waals surface area contributed by atoms with Crippen LogP contribution < -0.4 is 10.5 Å². The van der Waals surface area contributed by atoms with Crippen molar-refractivity contribution < 1.29 is 9.13 Å². The first-order valence-electron chi connectivity index (χ1n) is 6.75. The maximum atomic E-state index is 14.0. The number of methoxy groups -OCH3 is 1. The third kappa shape index (κ3) is 2.25. The summed E-state index contributed by atoms with van der Waals surface area (Å²) in [6, 6.07) is 10.6. The fourth-order valence-corrected chi connectivity index (χ4v) is 2.51. The lowest BCUT2D eigenvalue weighted by Gasteiger charge is -2.08. The molecular weight excluding hydrogens is 269 g/mol. The summed E-state index contributed by atoms with van der Waals surface area (Å²) in [6.45, 7) is 0.465. The van der Waals surface area contributed by atoms with Crippen LogP contribution in [-0.4, -0.2) is 23.0 Å². The Balaban J connectivity index is 2.31. The normalized spacial score (nSPS) is 11.0. The average molecular weight is 285 g/mol. The van der Waals surface area contributed by atoms with Crippen LogP contribution in [0.4, 0.5) is 4.39 Å². The Kier molecular flexibility index (Phi) is 3.58. The molecule has 0 saturated heterocycles. The van der Waals surface area contributed by atoms with E-state index in [0.29, 0.717) is 30.1 Å². The van der Waals surface area contributed by atoms with Crippen molar-refractivity contribution in [3.8, 4) is 17.0 Å². The second-order valence-corrected chi connectivity index (χ2v) is 4.70. The van der Waals surface area contributed by atoms with E-state index in [2.05, 4.69) is 4.98 Å². The average Bonchev–Trinajstić information content (AvgIpc) is 2.88. The van der Waals surface area contributed by atoms with E-state index in [0.717, 1.165) is 11.3 Å². The zero-order chi connectivity index (χ0) is 14.8. The van der Waals surface area contributed by atoms with Crippen LogP contribution in [0.15, 0.2) is 42.6 Å². The number of halogens is 1. The second kappa shape index (κ2) is 5.54. The molecule has 1 aromatic carbocycles. The molecule has 3 rings (SSSR count). The van der Waals surface area contributed by atoms with Gasteiger partial charge in [0, 0.05) is 18.2 Å². The van der Waals surface area contributed by atoms with E-state index in [4.69, 9.17) is 10.5 Å². The number of para-hydroxylation sites is 1. The molecular formula is C16H16FN3O. The quantitative estimate of drug-likeness (QED) is 0.801. The number of hydrogen-bond acceptors (Lipinski definition) is 3. The number of hydrogen-bond donors (Lipinski definition) is 1. The largest absolute Gasteiger partial charge is 0.496 e. The molecule has 0 aliphatic carbocycles. The van der Waals surface area contributed by atoms with Gasteiger partial charge in [-0.1, -0.05) is 12.1 Å². The van der Waals surface area contributed by atoms with Gasteiger partial charge in [0.05, 0.1) is 18.5 Å². The number of rotatable bonds is 4. The molecule has 0 saturated carbocycles. The number of fused-ring (bicyclic) bond motifs is 1. The molecule has 2 aromatic heterocycles. The van der Waals surface area contributed by atoms with Crippen LogP contribution in [0.3, 0.4) is 0 Å². The number of nitrogens with zero attached hydrogens (tertiary/aromatic N) is 2. The topological polar surface area (TPSA) is 52.5 Å². The van der Waals surface area contributed by atoms with Crippen LogP contribution in [0, 0.1) is 5.82 Å². The summed E-state index contributed by atoms with van der Waals surface area (Å²) in [6.07, 6.45) is 2.41. The minimum Gasteiger partial charge on any atom is -0.496 e. The molecule has 0 fully saturated rings. The summed E-state index contributed by atoms with van der Waals surface area (Å²) in [5.41, 5.74) is 8.44. The Morgan fingerprint density at radius 1 is 1.24 bits per heavy atom. The highest BCUT2D eigenvalue weighted by Gasteiger charge is 2.18. The lowest BCUT2D eigenvalue weighted by atomic mass is 10.1. The minimum absolute atomic E-state index is 0.307. The van der Waals surface area contributed by atoms with Gasteiger partial charge in [-0.3, -0.25) is 0 Å². The van der Waals surface area contributed by atoms with E-state index >= 15 is 0 Å². The Morgan fingerprint density at radius 2 is 2.05 bits per heavy atom. The number of aromatic nitrogens is 2. The van der Waals surface area contributed by atoms with E-state index in [1.54, 1.807) is 23.8 Å². The first-order valence-corrected chi connectivity index (χ1v) is 6.75. The molecule has 0 unspecified atom stereocenters. The van der Waals surface area contributed by atoms with Gasteiger partial charge in [-0.2, -0.15) is 0 Å². The van der Waals surface area contributed by atoms with Gasteiger partial charge in [0.1, 0.15) is 5.75 Å². The van der Waals surface area contributed by atoms with E-state index in [9.17, 15) is 4.39 Å². The first kappa shape index (κ1) is 13.6. The number of benzene rings is 1. The number of ether oxygens (including phenoxy) is 1. The maximum Gasteiger partial charge on any atom is 0.173 e. The van der Waals surface area contributed by atoms with Gasteiger partial charge < -0.3 is 14.9 Å². The Morgan fingerprint density at radius 3 is 2.81 bits per heavy atom. The van der Waals surface area contributed by atoms with Gasteiger partial charge in [-0.15, -0.1) is 0 Å². The van der Waals surface area contributed by atoms with Crippen molar-refractivity contribution in [2.24, 2.45) is 5.73 Å². The van der Waals surface area contributed by atoms with Gasteiger partial charge >= 0.3 is 0 Å². The monoisotopic (exact) mass is 285 g/mol. The van der Waals surface area contributed by atoms with Crippen LogP contribution in [0.25, 0.3) is 16.9 Å². The predicted octanol–water partition coefficient (Wildman–Crippen LogP) is 2.65. The second-order valence-electron chi connectivity index (χ2n) is 4.70. The third-order valence-corrected chi connectivity index (χ3v) is 3.44.